The molecule has 27 nitrogen and oxygen atoms in total. The molecule has 378 valence electrons. The van der Waals surface area contributed by atoms with Crippen molar-refractivity contribution in [2.75, 3.05) is 19.6 Å². The molecule has 0 saturated carbocycles. The third-order valence-corrected chi connectivity index (χ3v) is 9.68. The number of rotatable bonds is 30. The predicted octanol–water partition coefficient (Wildman–Crippen LogP) is -6.12. The van der Waals surface area contributed by atoms with Crippen LogP contribution >= 0.6 is 0 Å². The number of nitrogens with zero attached hydrogens (tertiary/aromatic N) is 1. The Labute approximate surface area is 391 Å². The van der Waals surface area contributed by atoms with Crippen LogP contribution in [-0.4, -0.2) is 154 Å². The zero-order valence-corrected chi connectivity index (χ0v) is 38.4. The fourth-order valence-electron chi connectivity index (χ4n) is 6.08. The monoisotopic (exact) mass is 963 g/mol. The Kier molecular flexibility index (Phi) is 25.2. The molecule has 0 saturated heterocycles. The van der Waals surface area contributed by atoms with Crippen LogP contribution in [0.2, 0.25) is 0 Å². The second-order valence-electron chi connectivity index (χ2n) is 16.3. The number of aliphatic hydroxyl groups excluding tert-OH is 1. The van der Waals surface area contributed by atoms with Crippen molar-refractivity contribution in [2.24, 2.45) is 39.8 Å². The van der Waals surface area contributed by atoms with Crippen molar-refractivity contribution in [3.05, 3.63) is 35.9 Å². The fraction of sp³-hybridized carbons (Fsp3) is 0.561. The molecule has 8 atom stereocenters. The number of hydrogen-bond acceptors (Lipinski definition) is 14. The van der Waals surface area contributed by atoms with E-state index in [4.69, 9.17) is 28.0 Å². The number of nitrogens with two attached hydrogens (primary N) is 4. The van der Waals surface area contributed by atoms with Crippen molar-refractivity contribution in [3.8, 4) is 0 Å². The maximum absolute atomic E-state index is 14.0. The van der Waals surface area contributed by atoms with Gasteiger partial charge in [0.05, 0.1) is 31.5 Å². The Bertz CT molecular complexity index is 1980. The van der Waals surface area contributed by atoms with Gasteiger partial charge in [0.2, 0.25) is 53.2 Å². The number of carbonyl (C=O) groups excluding carboxylic acids is 9. The van der Waals surface area contributed by atoms with E-state index < -0.39 is 151 Å². The lowest BCUT2D eigenvalue weighted by Crippen LogP contribution is -2.62. The standard InChI is InChI=1S/C41H65N13O14/c1-19(2)31(38(66)48-17-28(57)47-18-30(60)61)53-39(67)32(20(3)4)52-35(63)24(12-9-13-46-41(44)45)49-40(68)33(21(5)55)54-37(65)25(14-22-10-7-6-8-11-22)51-36(64)26(16-29(58)59)50-34(62)23(42)15-27(43)56/h6-8,10-11,19-21,23-26,31-33,55H,9,12-18,42H2,1-5H3,(H2,43,56)(H,47,57)(H,48,66)(H,49,68)(H,50,62)(H,51,64)(H,52,63)(H,53,67)(H,54,65)(H,58,59)(H,60,61)(H4,44,45,46)/t21-,23+,24+,25+,26+,31+,32+,33+/m1/s1. The van der Waals surface area contributed by atoms with Gasteiger partial charge >= 0.3 is 11.9 Å². The molecule has 27 heteroatoms. The van der Waals surface area contributed by atoms with Crippen LogP contribution in [0.3, 0.4) is 0 Å². The van der Waals surface area contributed by atoms with Crippen molar-refractivity contribution in [2.45, 2.75) is 115 Å². The first-order valence-electron chi connectivity index (χ1n) is 21.3. The van der Waals surface area contributed by atoms with E-state index in [2.05, 4.69) is 47.5 Å². The average Bonchev–Trinajstić information content (AvgIpc) is 3.24. The van der Waals surface area contributed by atoms with E-state index in [1.165, 1.54) is 0 Å². The number of aliphatic imine (C=N–C) groups is 1. The first-order valence-corrected chi connectivity index (χ1v) is 21.3. The smallest absolute Gasteiger partial charge is 0.322 e. The Balaban J connectivity index is 3.45. The number of carbonyl (C=O) groups is 11. The maximum Gasteiger partial charge on any atom is 0.322 e. The van der Waals surface area contributed by atoms with Gasteiger partial charge in [-0.1, -0.05) is 58.0 Å². The SMILES string of the molecule is CC(C)[C@H](NC(=O)[C@H](CCCN=C(N)N)NC(=O)[C@@H](NC(=O)[C@H](Cc1ccccc1)NC(=O)[C@H](CC(=O)O)NC(=O)[C@@H](N)CC(N)=O)[C@@H](C)O)C(=O)N[C@H](C(=O)NCC(=O)NCC(=O)O)C(C)C. The molecular weight excluding hydrogens is 899 g/mol. The van der Waals surface area contributed by atoms with Gasteiger partial charge in [0.1, 0.15) is 42.8 Å². The third kappa shape index (κ3) is 22.2. The summed E-state index contributed by atoms with van der Waals surface area (Å²) >= 11 is 0. The number of aliphatic carboxylic acids is 2. The predicted molar refractivity (Wildman–Crippen MR) is 241 cm³/mol. The Morgan fingerprint density at radius 1 is 0.574 bits per heavy atom. The zero-order chi connectivity index (χ0) is 51.8. The van der Waals surface area contributed by atoms with Gasteiger partial charge in [0.15, 0.2) is 5.96 Å². The van der Waals surface area contributed by atoms with E-state index in [1.807, 2.05) is 0 Å². The molecule has 0 heterocycles. The van der Waals surface area contributed by atoms with Crippen molar-refractivity contribution in [1.82, 2.24) is 42.5 Å². The lowest BCUT2D eigenvalue weighted by molar-refractivity contribution is -0.141. The van der Waals surface area contributed by atoms with Crippen LogP contribution in [0.4, 0.5) is 0 Å². The topological polar surface area (TPSA) is 461 Å². The van der Waals surface area contributed by atoms with Crippen molar-refractivity contribution in [3.63, 3.8) is 0 Å². The van der Waals surface area contributed by atoms with E-state index >= 15 is 0 Å². The zero-order valence-electron chi connectivity index (χ0n) is 38.4. The summed E-state index contributed by atoms with van der Waals surface area (Å²) in [7, 11) is 0. The molecule has 1 aromatic carbocycles. The molecule has 0 aliphatic carbocycles. The van der Waals surface area contributed by atoms with Gasteiger partial charge in [0.25, 0.3) is 0 Å². The number of aliphatic hydroxyl groups is 1. The Morgan fingerprint density at radius 2 is 1.07 bits per heavy atom. The summed E-state index contributed by atoms with van der Waals surface area (Å²) in [4.78, 5) is 144. The van der Waals surface area contributed by atoms with E-state index in [0.29, 0.717) is 5.56 Å². The first kappa shape index (κ1) is 58.6. The number of guanidine groups is 1. The van der Waals surface area contributed by atoms with Crippen LogP contribution < -0.4 is 65.5 Å². The molecule has 0 aliphatic heterocycles. The lowest BCUT2D eigenvalue weighted by Gasteiger charge is -2.30. The fourth-order valence-corrected chi connectivity index (χ4v) is 6.08. The molecule has 0 aromatic heterocycles. The van der Waals surface area contributed by atoms with Crippen LogP contribution in [0.5, 0.6) is 0 Å². The van der Waals surface area contributed by atoms with Crippen LogP contribution in [0.15, 0.2) is 35.3 Å². The second-order valence-corrected chi connectivity index (χ2v) is 16.3. The minimum Gasteiger partial charge on any atom is -0.481 e. The van der Waals surface area contributed by atoms with Crippen LogP contribution in [-0.2, 0) is 59.2 Å². The van der Waals surface area contributed by atoms with Crippen molar-refractivity contribution in [1.29, 1.82) is 0 Å². The van der Waals surface area contributed by atoms with Gasteiger partial charge in [0, 0.05) is 13.0 Å². The summed E-state index contributed by atoms with van der Waals surface area (Å²) in [5.74, 6) is -13.1. The minimum absolute atomic E-state index is 0.0204. The summed E-state index contributed by atoms with van der Waals surface area (Å²) in [6, 6.07) is -2.77. The number of amides is 9. The Morgan fingerprint density at radius 3 is 1.60 bits per heavy atom. The quantitative estimate of drug-likeness (QED) is 0.0194. The van der Waals surface area contributed by atoms with Crippen LogP contribution in [0.1, 0.15) is 65.9 Å². The van der Waals surface area contributed by atoms with Gasteiger partial charge < -0.3 is 80.8 Å². The highest BCUT2D eigenvalue weighted by Gasteiger charge is 2.36. The van der Waals surface area contributed by atoms with E-state index in [9.17, 15) is 63.0 Å². The van der Waals surface area contributed by atoms with Gasteiger partial charge in [-0.2, -0.15) is 0 Å². The molecule has 0 aliphatic rings. The highest BCUT2D eigenvalue weighted by Crippen LogP contribution is 2.11. The van der Waals surface area contributed by atoms with Gasteiger partial charge in [-0.3, -0.25) is 57.7 Å². The van der Waals surface area contributed by atoms with Crippen LogP contribution in [0, 0.1) is 11.8 Å². The normalized spacial score (nSPS) is 14.4. The van der Waals surface area contributed by atoms with E-state index in [0.717, 1.165) is 6.92 Å². The summed E-state index contributed by atoms with van der Waals surface area (Å²) in [6.07, 6.45) is -3.66. The number of benzene rings is 1. The number of hydrogen-bond donors (Lipinski definition) is 15. The summed E-state index contributed by atoms with van der Waals surface area (Å²) in [5, 5.41) is 47.9. The average molecular weight is 964 g/mol. The van der Waals surface area contributed by atoms with Gasteiger partial charge in [-0.05, 0) is 37.2 Å². The molecular formula is C41H65N13O14. The molecule has 9 amide bonds. The van der Waals surface area contributed by atoms with Gasteiger partial charge in [-0.25, -0.2) is 0 Å². The summed E-state index contributed by atoms with van der Waals surface area (Å²) < 4.78 is 0. The number of primary amides is 1. The number of carboxylic acid groups (broad SMARTS) is 2. The molecule has 0 spiro atoms. The molecule has 0 bridgehead atoms. The van der Waals surface area contributed by atoms with Crippen molar-refractivity contribution < 1.29 is 68.1 Å². The molecule has 1 aromatic rings. The Hall–Kier alpha value is -7.42. The number of nitrogens with one attached hydrogen (secondary N) is 8. The highest BCUT2D eigenvalue weighted by molar-refractivity contribution is 5.99. The molecule has 0 fully saturated rings. The minimum atomic E-state index is -1.83. The molecule has 68 heavy (non-hydrogen) atoms. The molecule has 0 unspecified atom stereocenters. The third-order valence-electron chi connectivity index (χ3n) is 9.68. The number of carboxylic acids is 2. The summed E-state index contributed by atoms with van der Waals surface area (Å²) in [5.41, 5.74) is 22.1. The second kappa shape index (κ2) is 29.3. The van der Waals surface area contributed by atoms with Crippen molar-refractivity contribution >= 4 is 71.1 Å². The van der Waals surface area contributed by atoms with Crippen LogP contribution in [0.25, 0.3) is 0 Å². The highest BCUT2D eigenvalue weighted by atomic mass is 16.4. The van der Waals surface area contributed by atoms with E-state index in [-0.39, 0.29) is 31.8 Å². The maximum atomic E-state index is 14.0. The molecule has 19 N–H and O–H groups in total. The first-order chi connectivity index (χ1) is 31.7. The lowest BCUT2D eigenvalue weighted by atomic mass is 9.99. The molecule has 1 rings (SSSR count). The van der Waals surface area contributed by atoms with Gasteiger partial charge in [-0.15, -0.1) is 0 Å². The van der Waals surface area contributed by atoms with E-state index in [1.54, 1.807) is 58.0 Å². The largest absolute Gasteiger partial charge is 0.481 e. The molecule has 0 radical (unpaired) electrons. The summed E-state index contributed by atoms with van der Waals surface area (Å²) in [6.45, 7) is 6.18.